The lowest BCUT2D eigenvalue weighted by Gasteiger charge is -2.27. The molecule has 1 heterocycles. The van der Waals surface area contributed by atoms with Crippen LogP contribution in [0.15, 0.2) is 18.2 Å². The number of aryl methyl sites for hydroxylation is 2. The Hall–Kier alpha value is -1.51. The third-order valence-corrected chi connectivity index (χ3v) is 3.11. The summed E-state index contributed by atoms with van der Waals surface area (Å²) < 4.78 is 0. The monoisotopic (exact) mass is 232 g/mol. The van der Waals surface area contributed by atoms with E-state index in [1.54, 1.807) is 0 Å². The number of amides is 1. The Labute approximate surface area is 103 Å². The van der Waals surface area contributed by atoms with E-state index in [4.69, 9.17) is 0 Å². The van der Waals surface area contributed by atoms with Crippen LogP contribution in [0.5, 0.6) is 0 Å². The van der Waals surface area contributed by atoms with Crippen LogP contribution in [0.25, 0.3) is 0 Å². The highest BCUT2D eigenvalue weighted by Crippen LogP contribution is 2.19. The van der Waals surface area contributed by atoms with Crippen molar-refractivity contribution in [3.8, 4) is 0 Å². The van der Waals surface area contributed by atoms with E-state index >= 15 is 0 Å². The van der Waals surface area contributed by atoms with Gasteiger partial charge in [0.25, 0.3) is 0 Å². The summed E-state index contributed by atoms with van der Waals surface area (Å²) in [5, 5.41) is 2.93. The van der Waals surface area contributed by atoms with Gasteiger partial charge in [-0.1, -0.05) is 6.07 Å². The van der Waals surface area contributed by atoms with Gasteiger partial charge in [0.05, 0.1) is 0 Å². The van der Waals surface area contributed by atoms with Crippen molar-refractivity contribution < 1.29 is 4.79 Å². The van der Waals surface area contributed by atoms with E-state index in [1.807, 2.05) is 0 Å². The van der Waals surface area contributed by atoms with Gasteiger partial charge in [-0.05, 0) is 43.5 Å². The van der Waals surface area contributed by atoms with E-state index in [-0.39, 0.29) is 5.91 Å². The number of carbonyl (C=O) groups excluding carboxylic acids is 1. The highest BCUT2D eigenvalue weighted by molar-refractivity contribution is 5.76. The Morgan fingerprint density at radius 2 is 1.82 bits per heavy atom. The van der Waals surface area contributed by atoms with E-state index in [9.17, 15) is 4.79 Å². The molecule has 0 aromatic heterocycles. The molecule has 2 rings (SSSR count). The maximum Gasteiger partial charge on any atom is 0.220 e. The fraction of sp³-hybridized carbons (Fsp3) is 0.500. The molecule has 0 aliphatic carbocycles. The molecular formula is C14H20N2O. The van der Waals surface area contributed by atoms with Crippen molar-refractivity contribution in [1.29, 1.82) is 0 Å². The fourth-order valence-corrected chi connectivity index (χ4v) is 2.35. The van der Waals surface area contributed by atoms with Crippen LogP contribution in [-0.2, 0) is 4.79 Å². The molecule has 1 saturated heterocycles. The zero-order valence-corrected chi connectivity index (χ0v) is 10.6. The second-order valence-electron chi connectivity index (χ2n) is 4.79. The zero-order valence-electron chi connectivity index (χ0n) is 10.6. The van der Waals surface area contributed by atoms with Gasteiger partial charge < -0.3 is 10.2 Å². The van der Waals surface area contributed by atoms with E-state index in [0.29, 0.717) is 6.42 Å². The van der Waals surface area contributed by atoms with Crippen molar-refractivity contribution in [3.05, 3.63) is 29.3 Å². The number of benzene rings is 1. The lowest BCUT2D eigenvalue weighted by molar-refractivity contribution is -0.121. The van der Waals surface area contributed by atoms with Crippen LogP contribution in [0.1, 0.15) is 24.0 Å². The standard InChI is InChI=1S/C14H20N2O/c1-11-8-12(2)10-13(9-11)16-6-3-4-14(17)15-5-7-16/h8-10H,3-7H2,1-2H3,(H,15,17). The summed E-state index contributed by atoms with van der Waals surface area (Å²) in [7, 11) is 0. The number of anilines is 1. The molecule has 92 valence electrons. The third kappa shape index (κ3) is 3.22. The molecule has 0 radical (unpaired) electrons. The quantitative estimate of drug-likeness (QED) is 0.803. The Morgan fingerprint density at radius 1 is 1.12 bits per heavy atom. The Morgan fingerprint density at radius 3 is 2.53 bits per heavy atom. The van der Waals surface area contributed by atoms with Crippen LogP contribution in [0.3, 0.4) is 0 Å². The molecule has 1 amide bonds. The molecule has 0 unspecified atom stereocenters. The van der Waals surface area contributed by atoms with Gasteiger partial charge in [0.15, 0.2) is 0 Å². The van der Waals surface area contributed by atoms with Gasteiger partial charge in [0, 0.05) is 31.7 Å². The Balaban J connectivity index is 2.12. The first kappa shape index (κ1) is 12.0. The number of rotatable bonds is 1. The number of hydrogen-bond donors (Lipinski definition) is 1. The minimum atomic E-state index is 0.185. The van der Waals surface area contributed by atoms with Crippen molar-refractivity contribution >= 4 is 11.6 Å². The topological polar surface area (TPSA) is 32.3 Å². The van der Waals surface area contributed by atoms with Gasteiger partial charge in [-0.25, -0.2) is 0 Å². The maximum atomic E-state index is 11.3. The molecule has 1 aliphatic rings. The third-order valence-electron chi connectivity index (χ3n) is 3.11. The van der Waals surface area contributed by atoms with E-state index < -0.39 is 0 Å². The van der Waals surface area contributed by atoms with E-state index in [1.165, 1.54) is 16.8 Å². The van der Waals surface area contributed by atoms with Crippen LogP contribution in [0, 0.1) is 13.8 Å². The average molecular weight is 232 g/mol. The second kappa shape index (κ2) is 5.21. The minimum absolute atomic E-state index is 0.185. The summed E-state index contributed by atoms with van der Waals surface area (Å²) in [6, 6.07) is 6.63. The molecular weight excluding hydrogens is 212 g/mol. The average Bonchev–Trinajstić information content (AvgIpc) is 2.21. The molecule has 1 aromatic carbocycles. The molecule has 1 aliphatic heterocycles. The number of nitrogens with zero attached hydrogens (tertiary/aromatic N) is 1. The van der Waals surface area contributed by atoms with Crippen LogP contribution in [0.4, 0.5) is 5.69 Å². The molecule has 1 aromatic rings. The van der Waals surface area contributed by atoms with Crippen molar-refractivity contribution in [2.75, 3.05) is 24.5 Å². The van der Waals surface area contributed by atoms with Crippen molar-refractivity contribution in [2.24, 2.45) is 0 Å². The highest BCUT2D eigenvalue weighted by atomic mass is 16.1. The molecule has 0 spiro atoms. The molecule has 0 saturated carbocycles. The van der Waals surface area contributed by atoms with Gasteiger partial charge in [0.2, 0.25) is 5.91 Å². The van der Waals surface area contributed by atoms with Crippen molar-refractivity contribution in [3.63, 3.8) is 0 Å². The van der Waals surface area contributed by atoms with Gasteiger partial charge in [-0.3, -0.25) is 4.79 Å². The lowest BCUT2D eigenvalue weighted by atomic mass is 10.1. The number of carbonyl (C=O) groups is 1. The molecule has 1 fully saturated rings. The molecule has 17 heavy (non-hydrogen) atoms. The van der Waals surface area contributed by atoms with Crippen LogP contribution >= 0.6 is 0 Å². The smallest absolute Gasteiger partial charge is 0.220 e. The van der Waals surface area contributed by atoms with Gasteiger partial charge >= 0.3 is 0 Å². The van der Waals surface area contributed by atoms with Crippen LogP contribution in [0.2, 0.25) is 0 Å². The van der Waals surface area contributed by atoms with Crippen LogP contribution in [-0.4, -0.2) is 25.5 Å². The first-order chi connectivity index (χ1) is 8.15. The van der Waals surface area contributed by atoms with E-state index in [2.05, 4.69) is 42.3 Å². The van der Waals surface area contributed by atoms with Crippen LogP contribution < -0.4 is 10.2 Å². The number of hydrogen-bond acceptors (Lipinski definition) is 2. The Kier molecular flexibility index (Phi) is 3.67. The van der Waals surface area contributed by atoms with Gasteiger partial charge in [-0.2, -0.15) is 0 Å². The second-order valence-corrected chi connectivity index (χ2v) is 4.79. The normalized spacial score (nSPS) is 17.3. The summed E-state index contributed by atoms with van der Waals surface area (Å²) in [6.07, 6.45) is 1.57. The lowest BCUT2D eigenvalue weighted by Crippen LogP contribution is -2.38. The fourth-order valence-electron chi connectivity index (χ4n) is 2.35. The minimum Gasteiger partial charge on any atom is -0.370 e. The first-order valence-electron chi connectivity index (χ1n) is 6.25. The molecule has 0 atom stereocenters. The first-order valence-corrected chi connectivity index (χ1v) is 6.25. The zero-order chi connectivity index (χ0) is 12.3. The summed E-state index contributed by atoms with van der Waals surface area (Å²) >= 11 is 0. The largest absolute Gasteiger partial charge is 0.370 e. The summed E-state index contributed by atoms with van der Waals surface area (Å²) in [5.74, 6) is 0.185. The molecule has 0 bridgehead atoms. The van der Waals surface area contributed by atoms with E-state index in [0.717, 1.165) is 26.1 Å². The predicted molar refractivity (Wildman–Crippen MR) is 70.4 cm³/mol. The Bertz CT molecular complexity index is 382. The SMILES string of the molecule is Cc1cc(C)cc(N2CCCC(=O)NCC2)c1. The number of nitrogens with one attached hydrogen (secondary N) is 1. The summed E-state index contributed by atoms with van der Waals surface area (Å²) in [5.41, 5.74) is 3.87. The van der Waals surface area contributed by atoms with Crippen molar-refractivity contribution in [2.45, 2.75) is 26.7 Å². The highest BCUT2D eigenvalue weighted by Gasteiger charge is 2.12. The summed E-state index contributed by atoms with van der Waals surface area (Å²) in [4.78, 5) is 13.6. The maximum absolute atomic E-state index is 11.3. The molecule has 3 heteroatoms. The predicted octanol–water partition coefficient (Wildman–Crippen LogP) is 2.02. The van der Waals surface area contributed by atoms with Gasteiger partial charge in [-0.15, -0.1) is 0 Å². The van der Waals surface area contributed by atoms with Gasteiger partial charge in [0.1, 0.15) is 0 Å². The molecule has 3 nitrogen and oxygen atoms in total. The summed E-state index contributed by atoms with van der Waals surface area (Å²) in [6.45, 7) is 6.86. The molecule has 1 N–H and O–H groups in total. The van der Waals surface area contributed by atoms with Crippen molar-refractivity contribution in [1.82, 2.24) is 5.32 Å².